The number of nitrogens with two attached hydrogens (primary N) is 1. The Kier molecular flexibility index (Phi) is 39.1. The summed E-state index contributed by atoms with van der Waals surface area (Å²) in [7, 11) is -4.62. The number of allylic oxidation sites excluding steroid dienone is 6. The maximum atomic E-state index is 12.6. The largest absolute Gasteiger partial charge is 0.480 e. The molecule has 0 amide bonds. The Morgan fingerprint density at radius 1 is 0.582 bits per heavy atom. The maximum Gasteiger partial charge on any atom is 0.472 e. The highest BCUT2D eigenvalue weighted by Crippen LogP contribution is 2.43. The minimum absolute atomic E-state index is 0.00718. The van der Waals surface area contributed by atoms with E-state index in [2.05, 4.69) is 50.3 Å². The van der Waals surface area contributed by atoms with Gasteiger partial charge in [-0.1, -0.05) is 153 Å². The second-order valence-electron chi connectivity index (χ2n) is 14.8. The lowest BCUT2D eigenvalue weighted by Gasteiger charge is -2.20. The zero-order chi connectivity index (χ0) is 40.5. The van der Waals surface area contributed by atoms with Crippen molar-refractivity contribution < 1.29 is 42.7 Å². The number of carbonyl (C=O) groups excluding carboxylic acids is 1. The van der Waals surface area contributed by atoms with Crippen molar-refractivity contribution >= 4 is 19.8 Å². The molecule has 0 aromatic heterocycles. The number of phosphoric ester groups is 1. The molecule has 0 radical (unpaired) electrons. The van der Waals surface area contributed by atoms with Crippen molar-refractivity contribution in [3.63, 3.8) is 0 Å². The van der Waals surface area contributed by atoms with Crippen LogP contribution in [0.2, 0.25) is 0 Å². The zero-order valence-electron chi connectivity index (χ0n) is 35.0. The first-order chi connectivity index (χ1) is 26.7. The summed E-state index contributed by atoms with van der Waals surface area (Å²) in [5, 5.41) is 8.89. The van der Waals surface area contributed by atoms with Crippen molar-refractivity contribution in [1.82, 2.24) is 0 Å². The van der Waals surface area contributed by atoms with Crippen molar-refractivity contribution in [3.05, 3.63) is 36.5 Å². The fraction of sp³-hybridized carbons (Fsp3) is 0.818. The molecule has 0 aliphatic carbocycles. The quantitative estimate of drug-likeness (QED) is 0.0235. The number of phosphoric acid groups is 1. The lowest BCUT2D eigenvalue weighted by molar-refractivity contribution is -0.154. The molecule has 0 aliphatic rings. The summed E-state index contributed by atoms with van der Waals surface area (Å²) >= 11 is 0. The van der Waals surface area contributed by atoms with Gasteiger partial charge in [0.15, 0.2) is 0 Å². The summed E-state index contributed by atoms with van der Waals surface area (Å²) in [6, 6.07) is -1.48. The van der Waals surface area contributed by atoms with Crippen LogP contribution in [0, 0.1) is 0 Å². The van der Waals surface area contributed by atoms with Crippen LogP contribution in [0.1, 0.15) is 194 Å². The second-order valence-corrected chi connectivity index (χ2v) is 16.3. The summed E-state index contributed by atoms with van der Waals surface area (Å²) in [6.07, 6.45) is 44.7. The van der Waals surface area contributed by atoms with Crippen LogP contribution in [0.5, 0.6) is 0 Å². The summed E-state index contributed by atoms with van der Waals surface area (Å²) in [5.41, 5.74) is 5.35. The lowest BCUT2D eigenvalue weighted by Crippen LogP contribution is -2.34. The first-order valence-electron chi connectivity index (χ1n) is 22.0. The van der Waals surface area contributed by atoms with Gasteiger partial charge < -0.3 is 25.2 Å². The Labute approximate surface area is 336 Å². The summed E-state index contributed by atoms with van der Waals surface area (Å²) in [4.78, 5) is 33.5. The molecule has 0 saturated heterocycles. The highest BCUT2D eigenvalue weighted by Gasteiger charge is 2.27. The molecular weight excluding hydrogens is 717 g/mol. The van der Waals surface area contributed by atoms with Gasteiger partial charge in [0.05, 0.1) is 19.8 Å². The summed E-state index contributed by atoms with van der Waals surface area (Å²) in [6.45, 7) is 3.83. The van der Waals surface area contributed by atoms with Crippen molar-refractivity contribution in [1.29, 1.82) is 0 Å². The molecule has 0 spiro atoms. The van der Waals surface area contributed by atoms with Crippen molar-refractivity contribution in [3.8, 4) is 0 Å². The Bertz CT molecular complexity index is 1020. The van der Waals surface area contributed by atoms with Gasteiger partial charge in [0.25, 0.3) is 0 Å². The van der Waals surface area contributed by atoms with E-state index in [9.17, 15) is 19.0 Å². The molecule has 3 atom stereocenters. The molecule has 4 N–H and O–H groups in total. The predicted molar refractivity (Wildman–Crippen MR) is 226 cm³/mol. The molecule has 55 heavy (non-hydrogen) atoms. The summed E-state index contributed by atoms with van der Waals surface area (Å²) < 4.78 is 33.3. The molecule has 11 heteroatoms. The SMILES string of the molecule is CCCCCC/C=C\C/C=C\CCCCCCCCOCC(COP(=O)(O)OCC(N)C(=O)O)OC(=O)CCCCCCC/C=C\CCCCCCCCC. The number of carboxylic acid groups (broad SMARTS) is 1. The first kappa shape index (κ1) is 53.2. The monoisotopic (exact) mass is 800 g/mol. The molecule has 0 saturated carbocycles. The number of carboxylic acids is 1. The average Bonchev–Trinajstić information content (AvgIpc) is 3.16. The molecule has 0 rings (SSSR count). The van der Waals surface area contributed by atoms with E-state index in [1.54, 1.807) is 0 Å². The Morgan fingerprint density at radius 3 is 1.51 bits per heavy atom. The first-order valence-corrected chi connectivity index (χ1v) is 23.5. The van der Waals surface area contributed by atoms with E-state index in [-0.39, 0.29) is 13.0 Å². The number of aliphatic carboxylic acids is 1. The van der Waals surface area contributed by atoms with Crippen LogP contribution < -0.4 is 5.73 Å². The Hall–Kier alpha value is -1.81. The Balaban J connectivity index is 4.27. The van der Waals surface area contributed by atoms with E-state index in [1.165, 1.54) is 103 Å². The van der Waals surface area contributed by atoms with Gasteiger partial charge in [0, 0.05) is 13.0 Å². The number of unbranched alkanes of at least 4 members (excludes halogenated alkanes) is 22. The standard InChI is InChI=1S/C44H82NO9P/c1-3-5-7-9-11-13-15-17-19-21-23-25-27-29-31-33-35-37-51-38-41(39-52-55(49,50)53-40-42(45)44(47)48)54-43(46)36-34-32-30-28-26-24-22-20-18-16-14-12-10-8-6-4-2/h13,15,19-22,41-42H,3-12,14,16-18,23-40,45H2,1-2H3,(H,47,48)(H,49,50)/b15-13-,21-19-,22-20-. The van der Waals surface area contributed by atoms with Gasteiger partial charge in [-0.15, -0.1) is 0 Å². The van der Waals surface area contributed by atoms with Crippen LogP contribution >= 0.6 is 7.82 Å². The van der Waals surface area contributed by atoms with Gasteiger partial charge in [-0.05, 0) is 70.6 Å². The van der Waals surface area contributed by atoms with Crippen molar-refractivity contribution in [2.45, 2.75) is 206 Å². The average molecular weight is 800 g/mol. The van der Waals surface area contributed by atoms with Crippen LogP contribution in [0.4, 0.5) is 0 Å². The van der Waals surface area contributed by atoms with Gasteiger partial charge in [-0.25, -0.2) is 4.57 Å². The van der Waals surface area contributed by atoms with Crippen LogP contribution in [0.3, 0.4) is 0 Å². The van der Waals surface area contributed by atoms with E-state index in [0.717, 1.165) is 64.2 Å². The van der Waals surface area contributed by atoms with Crippen LogP contribution in [-0.4, -0.2) is 60.5 Å². The van der Waals surface area contributed by atoms with Gasteiger partial charge in [-0.3, -0.25) is 18.6 Å². The normalized spacial score (nSPS) is 14.3. The van der Waals surface area contributed by atoms with E-state index in [4.69, 9.17) is 29.4 Å². The van der Waals surface area contributed by atoms with Gasteiger partial charge in [-0.2, -0.15) is 0 Å². The van der Waals surface area contributed by atoms with Crippen LogP contribution in [0.25, 0.3) is 0 Å². The third-order valence-electron chi connectivity index (χ3n) is 9.39. The minimum atomic E-state index is -4.62. The number of ether oxygens (including phenoxy) is 2. The Morgan fingerprint density at radius 2 is 1.00 bits per heavy atom. The molecular formula is C44H82NO9P. The van der Waals surface area contributed by atoms with Gasteiger partial charge >= 0.3 is 19.8 Å². The zero-order valence-corrected chi connectivity index (χ0v) is 35.9. The van der Waals surface area contributed by atoms with Crippen LogP contribution in [0.15, 0.2) is 36.5 Å². The van der Waals surface area contributed by atoms with Crippen LogP contribution in [-0.2, 0) is 32.7 Å². The molecule has 0 fully saturated rings. The third kappa shape index (κ3) is 40.2. The molecule has 0 heterocycles. The highest BCUT2D eigenvalue weighted by molar-refractivity contribution is 7.47. The topological polar surface area (TPSA) is 155 Å². The van der Waals surface area contributed by atoms with Crippen molar-refractivity contribution in [2.75, 3.05) is 26.4 Å². The highest BCUT2D eigenvalue weighted by atomic mass is 31.2. The summed E-state index contributed by atoms with van der Waals surface area (Å²) in [5.74, 6) is -1.79. The van der Waals surface area contributed by atoms with E-state index in [1.807, 2.05) is 0 Å². The van der Waals surface area contributed by atoms with E-state index in [0.29, 0.717) is 13.0 Å². The predicted octanol–water partition coefficient (Wildman–Crippen LogP) is 12.1. The molecule has 10 nitrogen and oxygen atoms in total. The van der Waals surface area contributed by atoms with E-state index >= 15 is 0 Å². The molecule has 322 valence electrons. The molecule has 0 aromatic rings. The lowest BCUT2D eigenvalue weighted by atomic mass is 10.1. The minimum Gasteiger partial charge on any atom is -0.480 e. The molecule has 0 aliphatic heterocycles. The third-order valence-corrected chi connectivity index (χ3v) is 10.3. The second kappa shape index (κ2) is 40.4. The smallest absolute Gasteiger partial charge is 0.472 e. The number of carbonyl (C=O) groups is 2. The van der Waals surface area contributed by atoms with Gasteiger partial charge in [0.2, 0.25) is 0 Å². The van der Waals surface area contributed by atoms with E-state index < -0.39 is 45.1 Å². The molecule has 0 aromatic carbocycles. The number of rotatable bonds is 42. The number of esters is 1. The number of hydrogen-bond acceptors (Lipinski definition) is 8. The molecule has 3 unspecified atom stereocenters. The number of hydrogen-bond donors (Lipinski definition) is 3. The molecule has 0 bridgehead atoms. The van der Waals surface area contributed by atoms with Crippen molar-refractivity contribution in [2.24, 2.45) is 5.73 Å². The maximum absolute atomic E-state index is 12.6. The fourth-order valence-corrected chi connectivity index (χ4v) is 6.70. The fourth-order valence-electron chi connectivity index (χ4n) is 5.92. The van der Waals surface area contributed by atoms with Gasteiger partial charge in [0.1, 0.15) is 12.1 Å².